The Balaban J connectivity index is 1.54. The van der Waals surface area contributed by atoms with Crippen molar-refractivity contribution in [3.05, 3.63) is 82.6 Å². The van der Waals surface area contributed by atoms with E-state index in [2.05, 4.69) is 10.3 Å². The number of anilines is 1. The predicted octanol–water partition coefficient (Wildman–Crippen LogP) is 4.44. The fourth-order valence-electron chi connectivity index (χ4n) is 2.36. The largest absolute Gasteiger partial charge is 0.302 e. The average molecular weight is 340 g/mol. The summed E-state index contributed by atoms with van der Waals surface area (Å²) < 4.78 is 13.7. The summed E-state index contributed by atoms with van der Waals surface area (Å²) in [6.07, 6.45) is 3.26. The van der Waals surface area contributed by atoms with Crippen molar-refractivity contribution in [3.8, 4) is 0 Å². The first-order chi connectivity index (χ1) is 11.7. The minimum absolute atomic E-state index is 0.0642. The van der Waals surface area contributed by atoms with E-state index in [4.69, 9.17) is 0 Å². The number of thiazole rings is 1. The summed E-state index contributed by atoms with van der Waals surface area (Å²) in [6.45, 7) is 0. The van der Waals surface area contributed by atoms with Crippen molar-refractivity contribution in [1.82, 2.24) is 4.98 Å². The van der Waals surface area contributed by atoms with Gasteiger partial charge in [-0.25, -0.2) is 9.37 Å². The molecule has 0 saturated carbocycles. The molecule has 24 heavy (non-hydrogen) atoms. The molecule has 0 bridgehead atoms. The first-order valence-corrected chi connectivity index (χ1v) is 8.54. The maximum atomic E-state index is 13.7. The summed E-state index contributed by atoms with van der Waals surface area (Å²) in [7, 11) is 0. The van der Waals surface area contributed by atoms with Gasteiger partial charge in [0.05, 0.1) is 0 Å². The lowest BCUT2D eigenvalue weighted by molar-refractivity contribution is -0.116. The third kappa shape index (κ3) is 4.49. The molecule has 1 aromatic heterocycles. The van der Waals surface area contributed by atoms with Crippen LogP contribution in [0.3, 0.4) is 0 Å². The number of nitrogens with one attached hydrogen (secondary N) is 1. The van der Waals surface area contributed by atoms with Gasteiger partial charge in [-0.05, 0) is 23.6 Å². The molecule has 0 spiro atoms. The second kappa shape index (κ2) is 7.84. The Morgan fingerprint density at radius 3 is 2.62 bits per heavy atom. The number of rotatable bonds is 6. The molecule has 0 fully saturated rings. The molecule has 122 valence electrons. The van der Waals surface area contributed by atoms with Crippen molar-refractivity contribution < 1.29 is 9.18 Å². The van der Waals surface area contributed by atoms with E-state index in [9.17, 15) is 9.18 Å². The average Bonchev–Trinajstić information content (AvgIpc) is 3.03. The van der Waals surface area contributed by atoms with E-state index in [0.29, 0.717) is 30.0 Å². The molecule has 0 aliphatic carbocycles. The Morgan fingerprint density at radius 2 is 1.83 bits per heavy atom. The summed E-state index contributed by atoms with van der Waals surface area (Å²) in [4.78, 5) is 17.1. The number of aromatic nitrogens is 1. The Kier molecular flexibility index (Phi) is 5.33. The van der Waals surface area contributed by atoms with Gasteiger partial charge in [0.25, 0.3) is 0 Å². The molecule has 0 atom stereocenters. The third-order valence-corrected chi connectivity index (χ3v) is 4.52. The molecule has 0 saturated heterocycles. The van der Waals surface area contributed by atoms with Crippen LogP contribution >= 0.6 is 11.3 Å². The first kappa shape index (κ1) is 16.3. The lowest BCUT2D eigenvalue weighted by Crippen LogP contribution is -2.11. The van der Waals surface area contributed by atoms with Crippen LogP contribution in [-0.4, -0.2) is 10.9 Å². The highest BCUT2D eigenvalue weighted by atomic mass is 32.1. The lowest BCUT2D eigenvalue weighted by atomic mass is 10.1. The van der Waals surface area contributed by atoms with E-state index in [0.717, 1.165) is 10.4 Å². The van der Waals surface area contributed by atoms with Crippen LogP contribution in [0.25, 0.3) is 0 Å². The monoisotopic (exact) mass is 340 g/mol. The number of hydrogen-bond acceptors (Lipinski definition) is 3. The van der Waals surface area contributed by atoms with E-state index < -0.39 is 0 Å². The molecule has 1 amide bonds. The highest BCUT2D eigenvalue weighted by Crippen LogP contribution is 2.22. The topological polar surface area (TPSA) is 42.0 Å². The molecule has 3 aromatic rings. The lowest BCUT2D eigenvalue weighted by Gasteiger charge is -2.02. The molecule has 2 aromatic carbocycles. The summed E-state index contributed by atoms with van der Waals surface area (Å²) in [6, 6.07) is 16.6. The number of amides is 1. The Bertz CT molecular complexity index is 817. The van der Waals surface area contributed by atoms with Crippen molar-refractivity contribution in [3.63, 3.8) is 0 Å². The zero-order valence-electron chi connectivity index (χ0n) is 13.0. The highest BCUT2D eigenvalue weighted by molar-refractivity contribution is 7.15. The van der Waals surface area contributed by atoms with Gasteiger partial charge in [0.1, 0.15) is 5.82 Å². The quantitative estimate of drug-likeness (QED) is 0.720. The fraction of sp³-hybridized carbons (Fsp3) is 0.158. The van der Waals surface area contributed by atoms with Gasteiger partial charge in [-0.3, -0.25) is 4.79 Å². The standard InChI is InChI=1S/C19H17FN2OS/c20-17-9-5-4-8-15(17)12-16-13-21-19(24-16)22-18(23)11-10-14-6-2-1-3-7-14/h1-9,13H,10-12H2,(H,21,22,23). The fourth-order valence-corrected chi connectivity index (χ4v) is 3.21. The molecule has 1 N–H and O–H groups in total. The third-order valence-electron chi connectivity index (χ3n) is 3.61. The Morgan fingerprint density at radius 1 is 1.08 bits per heavy atom. The zero-order chi connectivity index (χ0) is 16.8. The molecule has 0 aliphatic rings. The van der Waals surface area contributed by atoms with Crippen molar-refractivity contribution >= 4 is 22.4 Å². The van der Waals surface area contributed by atoms with Gasteiger partial charge in [0, 0.05) is 23.9 Å². The van der Waals surface area contributed by atoms with E-state index >= 15 is 0 Å². The van der Waals surface area contributed by atoms with Gasteiger partial charge < -0.3 is 5.32 Å². The molecule has 3 nitrogen and oxygen atoms in total. The summed E-state index contributed by atoms with van der Waals surface area (Å²) in [5, 5.41) is 3.36. The van der Waals surface area contributed by atoms with Crippen LogP contribution in [0.4, 0.5) is 9.52 Å². The van der Waals surface area contributed by atoms with Gasteiger partial charge >= 0.3 is 0 Å². The molecule has 0 unspecified atom stereocenters. The van der Waals surface area contributed by atoms with Crippen LogP contribution in [0.5, 0.6) is 0 Å². The van der Waals surface area contributed by atoms with Gasteiger partial charge in [0.2, 0.25) is 5.91 Å². The van der Waals surface area contributed by atoms with Crippen LogP contribution in [0, 0.1) is 5.82 Å². The maximum Gasteiger partial charge on any atom is 0.226 e. The van der Waals surface area contributed by atoms with E-state index in [1.807, 2.05) is 36.4 Å². The Hall–Kier alpha value is -2.53. The minimum atomic E-state index is -0.223. The van der Waals surface area contributed by atoms with Gasteiger partial charge in [0.15, 0.2) is 5.13 Å². The van der Waals surface area contributed by atoms with Crippen LogP contribution in [-0.2, 0) is 17.6 Å². The number of carbonyl (C=O) groups excluding carboxylic acids is 1. The molecular weight excluding hydrogens is 323 g/mol. The number of carbonyl (C=O) groups is 1. The Labute approximate surface area is 144 Å². The number of benzene rings is 2. The van der Waals surface area contributed by atoms with Gasteiger partial charge in [-0.1, -0.05) is 48.5 Å². The summed E-state index contributed by atoms with van der Waals surface area (Å²) in [5.41, 5.74) is 1.76. The van der Waals surface area contributed by atoms with Crippen molar-refractivity contribution in [2.75, 3.05) is 5.32 Å². The first-order valence-electron chi connectivity index (χ1n) is 7.72. The van der Waals surface area contributed by atoms with E-state index in [1.165, 1.54) is 17.4 Å². The number of hydrogen-bond donors (Lipinski definition) is 1. The molecule has 1 heterocycles. The van der Waals surface area contributed by atoms with Gasteiger partial charge in [-0.2, -0.15) is 0 Å². The second-order valence-electron chi connectivity index (χ2n) is 5.43. The van der Waals surface area contributed by atoms with E-state index in [1.54, 1.807) is 18.3 Å². The minimum Gasteiger partial charge on any atom is -0.302 e. The van der Waals surface area contributed by atoms with Crippen LogP contribution in [0.2, 0.25) is 0 Å². The molecule has 3 rings (SSSR count). The summed E-state index contributed by atoms with van der Waals surface area (Å²) in [5.74, 6) is -0.287. The van der Waals surface area contributed by atoms with Gasteiger partial charge in [-0.15, -0.1) is 11.3 Å². The highest BCUT2D eigenvalue weighted by Gasteiger charge is 2.09. The van der Waals surface area contributed by atoms with Crippen molar-refractivity contribution in [2.45, 2.75) is 19.3 Å². The summed E-state index contributed by atoms with van der Waals surface area (Å²) >= 11 is 1.38. The molecule has 0 aliphatic heterocycles. The SMILES string of the molecule is O=C(CCc1ccccc1)Nc1ncc(Cc2ccccc2F)s1. The van der Waals surface area contributed by atoms with Crippen LogP contribution in [0.15, 0.2) is 60.8 Å². The molecule has 5 heteroatoms. The molecule has 0 radical (unpaired) electrons. The van der Waals surface area contributed by atoms with Crippen molar-refractivity contribution in [1.29, 1.82) is 0 Å². The zero-order valence-corrected chi connectivity index (χ0v) is 13.9. The normalized spacial score (nSPS) is 10.5. The van der Waals surface area contributed by atoms with Crippen LogP contribution < -0.4 is 5.32 Å². The smallest absolute Gasteiger partial charge is 0.226 e. The maximum absolute atomic E-state index is 13.7. The van der Waals surface area contributed by atoms with Crippen molar-refractivity contribution in [2.24, 2.45) is 0 Å². The predicted molar refractivity (Wildman–Crippen MR) is 94.7 cm³/mol. The number of aryl methyl sites for hydroxylation is 1. The number of halogens is 1. The van der Waals surface area contributed by atoms with E-state index in [-0.39, 0.29) is 11.7 Å². The van der Waals surface area contributed by atoms with Crippen LogP contribution in [0.1, 0.15) is 22.4 Å². The number of nitrogens with zero attached hydrogens (tertiary/aromatic N) is 1. The second-order valence-corrected chi connectivity index (χ2v) is 6.55. The molecular formula is C19H17FN2OS.